The number of carboxylic acids is 1. The maximum Gasteiger partial charge on any atom is 0.321 e. The number of benzene rings is 1. The van der Waals surface area contributed by atoms with Gasteiger partial charge in [-0.1, -0.05) is 0 Å². The van der Waals surface area contributed by atoms with Gasteiger partial charge in [0.1, 0.15) is 5.82 Å². The molecule has 1 heterocycles. The molecule has 1 aromatic carbocycles. The highest BCUT2D eigenvalue weighted by Crippen LogP contribution is 2.19. The number of carbonyl (C=O) groups excluding carboxylic acids is 1. The van der Waals surface area contributed by atoms with Crippen molar-refractivity contribution in [2.24, 2.45) is 5.92 Å². The fourth-order valence-corrected chi connectivity index (χ4v) is 1.73. The molecule has 1 saturated heterocycles. The van der Waals surface area contributed by atoms with Gasteiger partial charge in [0.2, 0.25) is 0 Å². The predicted octanol–water partition coefficient (Wildman–Crippen LogP) is 1.68. The first-order chi connectivity index (χ1) is 8.47. The summed E-state index contributed by atoms with van der Waals surface area (Å²) in [7, 11) is 0. The van der Waals surface area contributed by atoms with Crippen LogP contribution in [-0.4, -0.2) is 35.1 Å². The average Bonchev–Trinajstić information content (AvgIpc) is 2.20. The molecule has 2 N–H and O–H groups in total. The smallest absolute Gasteiger partial charge is 0.321 e. The molecule has 1 fully saturated rings. The van der Waals surface area contributed by atoms with E-state index in [-0.39, 0.29) is 24.9 Å². The standard InChI is InChI=1S/C12H13FN2O3/c1-7-4-9(2-3-10(7)13)14-12(18)15-5-8(6-15)11(16)17/h2-4,8H,5-6H2,1H3,(H,14,18)(H,16,17). The number of nitrogens with one attached hydrogen (secondary N) is 1. The third kappa shape index (κ3) is 2.42. The van der Waals surface area contributed by atoms with Crippen LogP contribution >= 0.6 is 0 Å². The summed E-state index contributed by atoms with van der Waals surface area (Å²) in [4.78, 5) is 23.7. The van der Waals surface area contributed by atoms with Crippen molar-refractivity contribution < 1.29 is 19.1 Å². The fourth-order valence-electron chi connectivity index (χ4n) is 1.73. The van der Waals surface area contributed by atoms with Crippen molar-refractivity contribution in [2.75, 3.05) is 18.4 Å². The fraction of sp³-hybridized carbons (Fsp3) is 0.333. The van der Waals surface area contributed by atoms with Crippen LogP contribution in [0.15, 0.2) is 18.2 Å². The van der Waals surface area contributed by atoms with E-state index in [4.69, 9.17) is 5.11 Å². The molecule has 96 valence electrons. The van der Waals surface area contributed by atoms with Gasteiger partial charge in [-0.25, -0.2) is 9.18 Å². The Labute approximate surface area is 103 Å². The van der Waals surface area contributed by atoms with Crippen LogP contribution in [0.5, 0.6) is 0 Å². The summed E-state index contributed by atoms with van der Waals surface area (Å²) < 4.78 is 13.0. The number of hydrogen-bond acceptors (Lipinski definition) is 2. The van der Waals surface area contributed by atoms with Gasteiger partial charge in [0.25, 0.3) is 0 Å². The van der Waals surface area contributed by atoms with E-state index in [1.807, 2.05) is 0 Å². The van der Waals surface area contributed by atoms with Gasteiger partial charge in [-0.05, 0) is 30.7 Å². The van der Waals surface area contributed by atoms with Crippen LogP contribution in [0.4, 0.5) is 14.9 Å². The van der Waals surface area contributed by atoms with Crippen LogP contribution < -0.4 is 5.32 Å². The Kier molecular flexibility index (Phi) is 3.18. The SMILES string of the molecule is Cc1cc(NC(=O)N2CC(C(=O)O)C2)ccc1F. The molecule has 0 aromatic heterocycles. The van der Waals surface area contributed by atoms with E-state index in [1.165, 1.54) is 23.1 Å². The lowest BCUT2D eigenvalue weighted by Crippen LogP contribution is -2.54. The minimum absolute atomic E-state index is 0.210. The lowest BCUT2D eigenvalue weighted by atomic mass is 10.0. The third-order valence-electron chi connectivity index (χ3n) is 2.93. The van der Waals surface area contributed by atoms with Gasteiger partial charge in [-0.15, -0.1) is 0 Å². The molecule has 0 aliphatic carbocycles. The normalized spacial score (nSPS) is 15.1. The predicted molar refractivity (Wildman–Crippen MR) is 62.9 cm³/mol. The summed E-state index contributed by atoms with van der Waals surface area (Å²) in [5.74, 6) is -1.70. The van der Waals surface area contributed by atoms with Crippen LogP contribution in [0.1, 0.15) is 5.56 Å². The first-order valence-corrected chi connectivity index (χ1v) is 5.52. The number of hydrogen-bond donors (Lipinski definition) is 2. The van der Waals surface area contributed by atoms with Crippen molar-refractivity contribution in [3.05, 3.63) is 29.6 Å². The van der Waals surface area contributed by atoms with Gasteiger partial charge in [-0.3, -0.25) is 4.79 Å². The molecule has 1 aliphatic rings. The lowest BCUT2D eigenvalue weighted by molar-refractivity contribution is -0.145. The molecule has 1 aliphatic heterocycles. The second-order valence-electron chi connectivity index (χ2n) is 4.33. The topological polar surface area (TPSA) is 69.6 Å². The quantitative estimate of drug-likeness (QED) is 0.841. The molecule has 0 radical (unpaired) electrons. The van der Waals surface area contributed by atoms with E-state index >= 15 is 0 Å². The monoisotopic (exact) mass is 252 g/mol. The van der Waals surface area contributed by atoms with E-state index in [0.29, 0.717) is 11.3 Å². The molecule has 0 bridgehead atoms. The van der Waals surface area contributed by atoms with Crippen LogP contribution in [0, 0.1) is 18.7 Å². The zero-order valence-electron chi connectivity index (χ0n) is 9.81. The zero-order valence-corrected chi connectivity index (χ0v) is 9.81. The van der Waals surface area contributed by atoms with E-state index in [2.05, 4.69) is 5.32 Å². The first kappa shape index (κ1) is 12.3. The molecule has 0 atom stereocenters. The molecule has 5 nitrogen and oxygen atoms in total. The zero-order chi connectivity index (χ0) is 13.3. The van der Waals surface area contributed by atoms with Crippen molar-refractivity contribution in [2.45, 2.75) is 6.92 Å². The summed E-state index contributed by atoms with van der Waals surface area (Å²) in [6, 6.07) is 3.91. The van der Waals surface area contributed by atoms with Gasteiger partial charge in [0, 0.05) is 18.8 Å². The molecule has 2 amide bonds. The summed E-state index contributed by atoms with van der Waals surface area (Å²) in [6.07, 6.45) is 0. The number of urea groups is 1. The Balaban J connectivity index is 1.92. The molecule has 0 unspecified atom stereocenters. The summed E-state index contributed by atoms with van der Waals surface area (Å²) in [6.45, 7) is 2.03. The Morgan fingerprint density at radius 3 is 2.67 bits per heavy atom. The van der Waals surface area contributed by atoms with Crippen LogP contribution in [0.25, 0.3) is 0 Å². The van der Waals surface area contributed by atoms with Crippen molar-refractivity contribution in [3.8, 4) is 0 Å². The van der Waals surface area contributed by atoms with Crippen molar-refractivity contribution in [1.82, 2.24) is 4.90 Å². The molecule has 0 saturated carbocycles. The van der Waals surface area contributed by atoms with Crippen LogP contribution in [0.2, 0.25) is 0 Å². The van der Waals surface area contributed by atoms with E-state index in [0.717, 1.165) is 0 Å². The number of halogens is 1. The summed E-state index contributed by atoms with van der Waals surface area (Å²) >= 11 is 0. The van der Waals surface area contributed by atoms with Crippen molar-refractivity contribution >= 4 is 17.7 Å². The van der Waals surface area contributed by atoms with Gasteiger partial charge >= 0.3 is 12.0 Å². The van der Waals surface area contributed by atoms with E-state index < -0.39 is 11.9 Å². The molecule has 0 spiro atoms. The number of rotatable bonds is 2. The molecule has 1 aromatic rings. The third-order valence-corrected chi connectivity index (χ3v) is 2.93. The Morgan fingerprint density at radius 2 is 2.11 bits per heavy atom. The summed E-state index contributed by atoms with van der Waals surface area (Å²) in [5, 5.41) is 11.3. The molecule has 2 rings (SSSR count). The van der Waals surface area contributed by atoms with Crippen molar-refractivity contribution in [3.63, 3.8) is 0 Å². The Morgan fingerprint density at radius 1 is 1.44 bits per heavy atom. The second kappa shape index (κ2) is 4.64. The molecular weight excluding hydrogens is 239 g/mol. The highest BCUT2D eigenvalue weighted by molar-refractivity contribution is 5.91. The first-order valence-electron chi connectivity index (χ1n) is 5.52. The van der Waals surface area contributed by atoms with Crippen LogP contribution in [0.3, 0.4) is 0 Å². The minimum Gasteiger partial charge on any atom is -0.481 e. The van der Waals surface area contributed by atoms with Gasteiger partial charge in [-0.2, -0.15) is 0 Å². The number of carboxylic acid groups (broad SMARTS) is 1. The minimum atomic E-state index is -0.892. The van der Waals surface area contributed by atoms with E-state index in [1.54, 1.807) is 6.92 Å². The molecule has 18 heavy (non-hydrogen) atoms. The highest BCUT2D eigenvalue weighted by atomic mass is 19.1. The average molecular weight is 252 g/mol. The maximum atomic E-state index is 13.0. The largest absolute Gasteiger partial charge is 0.481 e. The number of carbonyl (C=O) groups is 2. The number of anilines is 1. The number of likely N-dealkylation sites (tertiary alicyclic amines) is 1. The summed E-state index contributed by atoms with van der Waals surface area (Å²) in [5.41, 5.74) is 0.942. The molecular formula is C12H13FN2O3. The number of aryl methyl sites for hydroxylation is 1. The van der Waals surface area contributed by atoms with Crippen LogP contribution in [-0.2, 0) is 4.79 Å². The van der Waals surface area contributed by atoms with Crippen molar-refractivity contribution in [1.29, 1.82) is 0 Å². The maximum absolute atomic E-state index is 13.0. The lowest BCUT2D eigenvalue weighted by Gasteiger charge is -2.36. The van der Waals surface area contributed by atoms with Gasteiger partial charge in [0.15, 0.2) is 0 Å². The number of amides is 2. The Hall–Kier alpha value is -2.11. The number of aliphatic carboxylic acids is 1. The van der Waals surface area contributed by atoms with E-state index in [9.17, 15) is 14.0 Å². The second-order valence-corrected chi connectivity index (χ2v) is 4.33. The molecule has 6 heteroatoms. The van der Waals surface area contributed by atoms with Gasteiger partial charge < -0.3 is 15.3 Å². The van der Waals surface area contributed by atoms with Gasteiger partial charge in [0.05, 0.1) is 5.92 Å². The highest BCUT2D eigenvalue weighted by Gasteiger charge is 2.35. The Bertz CT molecular complexity index is 498. The number of nitrogens with zero attached hydrogens (tertiary/aromatic N) is 1.